The molecule has 0 amide bonds. The van der Waals surface area contributed by atoms with E-state index in [0.29, 0.717) is 0 Å². The lowest BCUT2D eigenvalue weighted by Gasteiger charge is -2.21. The highest BCUT2D eigenvalue weighted by Crippen LogP contribution is 2.36. The highest BCUT2D eigenvalue weighted by molar-refractivity contribution is 7.22. The zero-order valence-electron chi connectivity index (χ0n) is 10.0. The second-order valence-corrected chi connectivity index (χ2v) is 6.16. The van der Waals surface area contributed by atoms with Crippen molar-refractivity contribution in [1.82, 2.24) is 4.98 Å². The molecule has 3 nitrogen and oxygen atoms in total. The Hall–Kier alpha value is -1.13. The molecule has 1 fully saturated rings. The molecule has 1 aromatic heterocycles. The van der Waals surface area contributed by atoms with Gasteiger partial charge in [0.15, 0.2) is 5.13 Å². The largest absolute Gasteiger partial charge is 0.347 e. The van der Waals surface area contributed by atoms with Crippen molar-refractivity contribution < 1.29 is 0 Å². The van der Waals surface area contributed by atoms with Crippen molar-refractivity contribution in [3.05, 3.63) is 24.3 Å². The van der Waals surface area contributed by atoms with Crippen LogP contribution < -0.4 is 10.6 Å². The highest BCUT2D eigenvalue weighted by atomic mass is 32.1. The Morgan fingerprint density at radius 3 is 3.00 bits per heavy atom. The number of hydrogen-bond acceptors (Lipinski definition) is 4. The first kappa shape index (κ1) is 11.0. The second kappa shape index (κ2) is 3.96. The number of anilines is 1. The molecule has 1 aliphatic rings. The number of nitrogens with zero attached hydrogens (tertiary/aromatic N) is 2. The summed E-state index contributed by atoms with van der Waals surface area (Å²) in [5.74, 6) is 0. The lowest BCUT2D eigenvalue weighted by molar-refractivity contribution is 0.383. The van der Waals surface area contributed by atoms with Crippen molar-refractivity contribution in [1.29, 1.82) is 0 Å². The minimum absolute atomic E-state index is 0.262. The van der Waals surface area contributed by atoms with Crippen LogP contribution in [0.15, 0.2) is 24.3 Å². The first-order valence-corrected chi connectivity index (χ1v) is 6.82. The number of thiazole rings is 1. The van der Waals surface area contributed by atoms with E-state index in [4.69, 9.17) is 10.7 Å². The van der Waals surface area contributed by atoms with Crippen molar-refractivity contribution in [2.75, 3.05) is 24.5 Å². The number of fused-ring (bicyclic) bond motifs is 1. The highest BCUT2D eigenvalue weighted by Gasteiger charge is 2.33. The number of aromatic nitrogens is 1. The van der Waals surface area contributed by atoms with Crippen molar-refractivity contribution in [2.24, 2.45) is 11.1 Å². The summed E-state index contributed by atoms with van der Waals surface area (Å²) >= 11 is 1.78. The van der Waals surface area contributed by atoms with Crippen LogP contribution in [0.5, 0.6) is 0 Å². The average Bonchev–Trinajstić information content (AvgIpc) is 2.93. The molecule has 0 bridgehead atoms. The maximum atomic E-state index is 5.84. The SMILES string of the molecule is CC1(CN)CCN(c2nc3ccccc3s2)C1. The monoisotopic (exact) mass is 247 g/mol. The van der Waals surface area contributed by atoms with Gasteiger partial charge in [0.1, 0.15) is 0 Å². The molecule has 1 aliphatic heterocycles. The quantitative estimate of drug-likeness (QED) is 0.886. The molecular weight excluding hydrogens is 230 g/mol. The number of rotatable bonds is 2. The summed E-state index contributed by atoms with van der Waals surface area (Å²) in [6.07, 6.45) is 1.17. The van der Waals surface area contributed by atoms with Gasteiger partial charge in [0.25, 0.3) is 0 Å². The molecule has 2 N–H and O–H groups in total. The van der Waals surface area contributed by atoms with Crippen LogP contribution in [-0.4, -0.2) is 24.6 Å². The van der Waals surface area contributed by atoms with Crippen LogP contribution in [0.25, 0.3) is 10.2 Å². The Morgan fingerprint density at radius 1 is 1.47 bits per heavy atom. The molecule has 90 valence electrons. The Kier molecular flexibility index (Phi) is 2.56. The summed E-state index contributed by atoms with van der Waals surface area (Å²) in [7, 11) is 0. The number of hydrogen-bond donors (Lipinski definition) is 1. The first-order chi connectivity index (χ1) is 8.20. The lowest BCUT2D eigenvalue weighted by atomic mass is 9.90. The molecule has 0 saturated carbocycles. The average molecular weight is 247 g/mol. The van der Waals surface area contributed by atoms with Crippen LogP contribution in [0.1, 0.15) is 13.3 Å². The van der Waals surface area contributed by atoms with E-state index < -0.39 is 0 Å². The smallest absolute Gasteiger partial charge is 0.186 e. The van der Waals surface area contributed by atoms with Gasteiger partial charge in [0, 0.05) is 13.1 Å². The third-order valence-corrected chi connectivity index (χ3v) is 4.70. The van der Waals surface area contributed by atoms with E-state index in [9.17, 15) is 0 Å². The molecule has 2 heterocycles. The molecule has 1 saturated heterocycles. The van der Waals surface area contributed by atoms with E-state index in [1.165, 1.54) is 11.1 Å². The molecule has 2 aromatic rings. The topological polar surface area (TPSA) is 42.1 Å². The summed E-state index contributed by atoms with van der Waals surface area (Å²) in [6.45, 7) is 5.13. The number of para-hydroxylation sites is 1. The van der Waals surface area contributed by atoms with E-state index in [0.717, 1.165) is 30.3 Å². The Balaban J connectivity index is 1.90. The summed E-state index contributed by atoms with van der Waals surface area (Å²) in [5, 5.41) is 1.14. The predicted octanol–water partition coefficient (Wildman–Crippen LogP) is 2.47. The predicted molar refractivity (Wildman–Crippen MR) is 73.6 cm³/mol. The van der Waals surface area contributed by atoms with E-state index in [-0.39, 0.29) is 5.41 Å². The molecule has 0 radical (unpaired) electrons. The fourth-order valence-electron chi connectivity index (χ4n) is 2.35. The maximum absolute atomic E-state index is 5.84. The van der Waals surface area contributed by atoms with Gasteiger partial charge in [-0.05, 0) is 30.5 Å². The van der Waals surface area contributed by atoms with Crippen LogP contribution in [0.4, 0.5) is 5.13 Å². The van der Waals surface area contributed by atoms with E-state index >= 15 is 0 Å². The molecule has 1 unspecified atom stereocenters. The molecule has 1 atom stereocenters. The maximum Gasteiger partial charge on any atom is 0.186 e. The van der Waals surface area contributed by atoms with Gasteiger partial charge in [-0.25, -0.2) is 4.98 Å². The summed E-state index contributed by atoms with van der Waals surface area (Å²) < 4.78 is 1.27. The van der Waals surface area contributed by atoms with Gasteiger partial charge in [-0.3, -0.25) is 0 Å². The van der Waals surface area contributed by atoms with Gasteiger partial charge in [-0.2, -0.15) is 0 Å². The minimum Gasteiger partial charge on any atom is -0.347 e. The molecule has 4 heteroatoms. The van der Waals surface area contributed by atoms with E-state index in [2.05, 4.69) is 30.0 Å². The zero-order valence-corrected chi connectivity index (χ0v) is 10.8. The lowest BCUT2D eigenvalue weighted by Crippen LogP contribution is -2.31. The fraction of sp³-hybridized carbons (Fsp3) is 0.462. The Labute approximate surface area is 105 Å². The Bertz CT molecular complexity index is 503. The van der Waals surface area contributed by atoms with Crippen LogP contribution in [0.2, 0.25) is 0 Å². The van der Waals surface area contributed by atoms with Crippen molar-refractivity contribution in [3.63, 3.8) is 0 Å². The van der Waals surface area contributed by atoms with Gasteiger partial charge >= 0.3 is 0 Å². The standard InChI is InChI=1S/C13H17N3S/c1-13(8-14)6-7-16(9-13)12-15-10-4-2-3-5-11(10)17-12/h2-5H,6-9,14H2,1H3. The third-order valence-electron chi connectivity index (χ3n) is 3.60. The Morgan fingerprint density at radius 2 is 2.29 bits per heavy atom. The van der Waals surface area contributed by atoms with Crippen LogP contribution in [0.3, 0.4) is 0 Å². The van der Waals surface area contributed by atoms with E-state index in [1.807, 2.05) is 6.07 Å². The summed E-state index contributed by atoms with van der Waals surface area (Å²) in [6, 6.07) is 8.32. The zero-order chi connectivity index (χ0) is 11.9. The summed E-state index contributed by atoms with van der Waals surface area (Å²) in [4.78, 5) is 7.07. The minimum atomic E-state index is 0.262. The normalized spacial score (nSPS) is 24.7. The van der Waals surface area contributed by atoms with Crippen LogP contribution in [-0.2, 0) is 0 Å². The fourth-order valence-corrected chi connectivity index (χ4v) is 3.34. The van der Waals surface area contributed by atoms with Gasteiger partial charge < -0.3 is 10.6 Å². The second-order valence-electron chi connectivity index (χ2n) is 5.15. The molecule has 0 aliphatic carbocycles. The molecular formula is C13H17N3S. The third kappa shape index (κ3) is 1.91. The van der Waals surface area contributed by atoms with Crippen LogP contribution in [0, 0.1) is 5.41 Å². The number of benzene rings is 1. The van der Waals surface area contributed by atoms with Crippen molar-refractivity contribution in [2.45, 2.75) is 13.3 Å². The first-order valence-electron chi connectivity index (χ1n) is 6.01. The molecule has 0 spiro atoms. The molecule has 1 aromatic carbocycles. The number of nitrogens with two attached hydrogens (primary N) is 1. The van der Waals surface area contributed by atoms with Gasteiger partial charge in [-0.15, -0.1) is 0 Å². The molecule has 3 rings (SSSR count). The van der Waals surface area contributed by atoms with Crippen molar-refractivity contribution >= 4 is 26.7 Å². The molecule has 17 heavy (non-hydrogen) atoms. The van der Waals surface area contributed by atoms with Gasteiger partial charge in [0.05, 0.1) is 10.2 Å². The van der Waals surface area contributed by atoms with Gasteiger partial charge in [0.2, 0.25) is 0 Å². The van der Waals surface area contributed by atoms with E-state index in [1.54, 1.807) is 11.3 Å². The summed E-state index contributed by atoms with van der Waals surface area (Å²) in [5.41, 5.74) is 7.21. The van der Waals surface area contributed by atoms with Gasteiger partial charge in [-0.1, -0.05) is 30.4 Å². The van der Waals surface area contributed by atoms with Crippen molar-refractivity contribution in [3.8, 4) is 0 Å². The van der Waals surface area contributed by atoms with Crippen LogP contribution >= 0.6 is 11.3 Å².